The summed E-state index contributed by atoms with van der Waals surface area (Å²) in [5, 5.41) is 9.18. The smallest absolute Gasteiger partial charge is 0.140 e. The SMILES string of the molecule is N#Cc1cc(CS(=O)c2ccccc2Cl)ccc1F. The Balaban J connectivity index is 2.25. The van der Waals surface area contributed by atoms with E-state index in [0.717, 1.165) is 0 Å². The van der Waals surface area contributed by atoms with Crippen molar-refractivity contribution in [1.29, 1.82) is 5.26 Å². The summed E-state index contributed by atoms with van der Waals surface area (Å²) < 4.78 is 25.3. The molecular formula is C14H9ClFNOS. The van der Waals surface area contributed by atoms with Crippen molar-refractivity contribution in [3.63, 3.8) is 0 Å². The molecule has 96 valence electrons. The van der Waals surface area contributed by atoms with E-state index in [1.807, 2.05) is 0 Å². The van der Waals surface area contributed by atoms with Crippen LogP contribution in [-0.2, 0) is 16.6 Å². The zero-order valence-corrected chi connectivity index (χ0v) is 11.3. The number of hydrogen-bond donors (Lipinski definition) is 0. The van der Waals surface area contributed by atoms with Gasteiger partial charge >= 0.3 is 0 Å². The molecule has 1 atom stereocenters. The fourth-order valence-electron chi connectivity index (χ4n) is 1.61. The summed E-state index contributed by atoms with van der Waals surface area (Å²) in [5.74, 6) is -0.381. The van der Waals surface area contributed by atoms with Gasteiger partial charge in [0.1, 0.15) is 11.9 Å². The molecule has 0 aliphatic heterocycles. The van der Waals surface area contributed by atoms with Crippen LogP contribution in [0.4, 0.5) is 4.39 Å². The topological polar surface area (TPSA) is 40.9 Å². The molecule has 0 amide bonds. The minimum absolute atomic E-state index is 0.0475. The van der Waals surface area contributed by atoms with Crippen LogP contribution in [0.25, 0.3) is 0 Å². The van der Waals surface area contributed by atoms with Gasteiger partial charge in [-0.05, 0) is 29.8 Å². The molecule has 1 unspecified atom stereocenters. The fraction of sp³-hybridized carbons (Fsp3) is 0.0714. The molecule has 0 saturated carbocycles. The van der Waals surface area contributed by atoms with Crippen molar-refractivity contribution in [3.8, 4) is 6.07 Å². The molecule has 0 radical (unpaired) electrons. The number of rotatable bonds is 3. The van der Waals surface area contributed by atoms with Gasteiger partial charge < -0.3 is 0 Å². The standard InChI is InChI=1S/C14H9ClFNOS/c15-12-3-1-2-4-14(12)19(18)9-10-5-6-13(16)11(7-10)8-17/h1-7H,9H2. The zero-order valence-electron chi connectivity index (χ0n) is 9.77. The average Bonchev–Trinajstić information content (AvgIpc) is 2.41. The average molecular weight is 294 g/mol. The lowest BCUT2D eigenvalue weighted by atomic mass is 10.1. The highest BCUT2D eigenvalue weighted by Crippen LogP contribution is 2.22. The molecule has 0 heterocycles. The summed E-state index contributed by atoms with van der Waals surface area (Å²) in [6, 6.07) is 12.8. The van der Waals surface area contributed by atoms with Crippen molar-refractivity contribution >= 4 is 22.4 Å². The molecule has 0 N–H and O–H groups in total. The number of nitrogens with zero attached hydrogens (tertiary/aromatic N) is 1. The van der Waals surface area contributed by atoms with Crippen LogP contribution >= 0.6 is 11.6 Å². The predicted molar refractivity (Wildman–Crippen MR) is 72.7 cm³/mol. The molecule has 0 bridgehead atoms. The van der Waals surface area contributed by atoms with Gasteiger partial charge in [-0.1, -0.05) is 29.8 Å². The molecule has 19 heavy (non-hydrogen) atoms. The Morgan fingerprint density at radius 2 is 2.00 bits per heavy atom. The molecule has 0 aromatic heterocycles. The van der Waals surface area contributed by atoms with Crippen LogP contribution in [0.2, 0.25) is 5.02 Å². The number of hydrogen-bond acceptors (Lipinski definition) is 2. The van der Waals surface area contributed by atoms with Crippen LogP contribution in [-0.4, -0.2) is 4.21 Å². The summed E-state index contributed by atoms with van der Waals surface area (Å²) in [5.41, 5.74) is 0.588. The van der Waals surface area contributed by atoms with Gasteiger partial charge in [0.25, 0.3) is 0 Å². The summed E-state index contributed by atoms with van der Waals surface area (Å²) in [7, 11) is -1.33. The van der Waals surface area contributed by atoms with E-state index in [0.29, 0.717) is 15.5 Å². The lowest BCUT2D eigenvalue weighted by Gasteiger charge is -2.05. The molecule has 2 aromatic carbocycles. The van der Waals surface area contributed by atoms with Crippen LogP contribution in [0.1, 0.15) is 11.1 Å². The monoisotopic (exact) mass is 293 g/mol. The molecule has 0 aliphatic rings. The van der Waals surface area contributed by atoms with Crippen LogP contribution in [0.5, 0.6) is 0 Å². The van der Waals surface area contributed by atoms with E-state index in [4.69, 9.17) is 16.9 Å². The molecular weight excluding hydrogens is 285 g/mol. The van der Waals surface area contributed by atoms with E-state index in [-0.39, 0.29) is 11.3 Å². The zero-order chi connectivity index (χ0) is 13.8. The highest BCUT2D eigenvalue weighted by Gasteiger charge is 2.10. The Morgan fingerprint density at radius 3 is 2.68 bits per heavy atom. The molecule has 2 rings (SSSR count). The van der Waals surface area contributed by atoms with Gasteiger partial charge in [-0.15, -0.1) is 0 Å². The Bertz CT molecular complexity index is 681. The highest BCUT2D eigenvalue weighted by molar-refractivity contribution is 7.84. The van der Waals surface area contributed by atoms with Gasteiger partial charge in [0, 0.05) is 0 Å². The van der Waals surface area contributed by atoms with Crippen LogP contribution in [0.3, 0.4) is 0 Å². The van der Waals surface area contributed by atoms with E-state index in [1.54, 1.807) is 30.3 Å². The second kappa shape index (κ2) is 5.96. The lowest BCUT2D eigenvalue weighted by Crippen LogP contribution is -1.98. The van der Waals surface area contributed by atoms with Crippen molar-refractivity contribution in [3.05, 3.63) is 64.4 Å². The third kappa shape index (κ3) is 3.19. The second-order valence-electron chi connectivity index (χ2n) is 3.85. The van der Waals surface area contributed by atoms with E-state index in [2.05, 4.69) is 0 Å². The summed E-state index contributed by atoms with van der Waals surface area (Å²) in [6.45, 7) is 0. The summed E-state index contributed by atoms with van der Waals surface area (Å²) >= 11 is 5.96. The predicted octanol–water partition coefficient (Wildman–Crippen LogP) is 3.66. The van der Waals surface area contributed by atoms with Gasteiger partial charge in [-0.3, -0.25) is 4.21 Å². The van der Waals surface area contributed by atoms with E-state index >= 15 is 0 Å². The third-order valence-electron chi connectivity index (χ3n) is 2.53. The van der Waals surface area contributed by atoms with E-state index in [9.17, 15) is 8.60 Å². The van der Waals surface area contributed by atoms with Crippen molar-refractivity contribution < 1.29 is 8.60 Å². The first-order valence-corrected chi connectivity index (χ1v) is 7.13. The number of benzene rings is 2. The maximum atomic E-state index is 13.2. The number of halogens is 2. The Morgan fingerprint density at radius 1 is 1.26 bits per heavy atom. The second-order valence-corrected chi connectivity index (χ2v) is 5.67. The molecule has 5 heteroatoms. The van der Waals surface area contributed by atoms with Gasteiger partial charge in [-0.2, -0.15) is 5.26 Å². The van der Waals surface area contributed by atoms with Crippen LogP contribution in [0, 0.1) is 17.1 Å². The highest BCUT2D eigenvalue weighted by atomic mass is 35.5. The van der Waals surface area contributed by atoms with Gasteiger partial charge in [0.05, 0.1) is 32.0 Å². The van der Waals surface area contributed by atoms with Gasteiger partial charge in [0.15, 0.2) is 0 Å². The molecule has 0 fully saturated rings. The first kappa shape index (κ1) is 13.7. The van der Waals surface area contributed by atoms with E-state index < -0.39 is 16.6 Å². The van der Waals surface area contributed by atoms with Crippen LogP contribution in [0.15, 0.2) is 47.4 Å². The molecule has 0 spiro atoms. The van der Waals surface area contributed by atoms with Crippen molar-refractivity contribution in [1.82, 2.24) is 0 Å². The van der Waals surface area contributed by atoms with Gasteiger partial charge in [-0.25, -0.2) is 4.39 Å². The first-order valence-electron chi connectivity index (χ1n) is 5.43. The van der Waals surface area contributed by atoms with Gasteiger partial charge in [0.2, 0.25) is 0 Å². The lowest BCUT2D eigenvalue weighted by molar-refractivity contribution is 0.623. The van der Waals surface area contributed by atoms with Crippen molar-refractivity contribution in [2.75, 3.05) is 0 Å². The van der Waals surface area contributed by atoms with E-state index in [1.165, 1.54) is 18.2 Å². The summed E-state index contributed by atoms with van der Waals surface area (Å²) in [6.07, 6.45) is 0. The maximum absolute atomic E-state index is 13.2. The minimum Gasteiger partial charge on any atom is -0.254 e. The quantitative estimate of drug-likeness (QED) is 0.866. The van der Waals surface area contributed by atoms with Crippen molar-refractivity contribution in [2.45, 2.75) is 10.6 Å². The Labute approximate surface area is 117 Å². The summed E-state index contributed by atoms with van der Waals surface area (Å²) in [4.78, 5) is 0.534. The molecule has 0 aliphatic carbocycles. The molecule has 0 saturated heterocycles. The van der Waals surface area contributed by atoms with Crippen molar-refractivity contribution in [2.24, 2.45) is 0 Å². The third-order valence-corrected chi connectivity index (χ3v) is 4.41. The first-order chi connectivity index (χ1) is 9.11. The Kier molecular flexibility index (Phi) is 4.31. The maximum Gasteiger partial charge on any atom is 0.140 e. The largest absolute Gasteiger partial charge is 0.254 e. The molecule has 2 nitrogen and oxygen atoms in total. The normalized spacial score (nSPS) is 11.8. The molecule has 2 aromatic rings. The Hall–Kier alpha value is -1.70. The number of nitriles is 1. The van der Waals surface area contributed by atoms with Crippen LogP contribution < -0.4 is 0 Å². The fourth-order valence-corrected chi connectivity index (χ4v) is 3.15. The minimum atomic E-state index is -1.33.